The van der Waals surface area contributed by atoms with Crippen LogP contribution in [-0.2, 0) is 0 Å². The van der Waals surface area contributed by atoms with Crippen molar-refractivity contribution in [2.45, 2.75) is 108 Å². The van der Waals surface area contributed by atoms with Crippen LogP contribution in [0.25, 0.3) is 0 Å². The predicted octanol–water partition coefficient (Wildman–Crippen LogP) is 9.32. The summed E-state index contributed by atoms with van der Waals surface area (Å²) in [6, 6.07) is 23.3. The fourth-order valence-corrected chi connectivity index (χ4v) is 16.6. The SMILES string of the molecule is CC1(C)[C@H]2C[C@H](P(C3CCCCC3)C3CCCCC3)[C@H](CP(c3ccccc3)c3ccccc3)[C@@H]1C2. The molecule has 5 fully saturated rings. The van der Waals surface area contributed by atoms with Gasteiger partial charge in [0.2, 0.25) is 0 Å². The molecule has 2 heteroatoms. The van der Waals surface area contributed by atoms with Crippen LogP contribution in [0.4, 0.5) is 0 Å². The molecule has 5 saturated carbocycles. The van der Waals surface area contributed by atoms with E-state index in [1.807, 2.05) is 0 Å². The van der Waals surface area contributed by atoms with Gasteiger partial charge in [0.05, 0.1) is 0 Å². The number of hydrogen-bond donors (Lipinski definition) is 0. The Hall–Kier alpha value is -0.700. The van der Waals surface area contributed by atoms with Crippen molar-refractivity contribution >= 4 is 26.5 Å². The first-order valence-corrected chi connectivity index (χ1v) is 18.4. The molecule has 2 aromatic carbocycles. The Bertz CT molecular complexity index is 900. The summed E-state index contributed by atoms with van der Waals surface area (Å²) in [4.78, 5) is 0. The van der Waals surface area contributed by atoms with Gasteiger partial charge in [-0.3, -0.25) is 0 Å². The second-order valence-corrected chi connectivity index (χ2v) is 18.4. The van der Waals surface area contributed by atoms with Crippen LogP contribution in [0.5, 0.6) is 0 Å². The maximum Gasteiger partial charge on any atom is -0.0167 e. The topological polar surface area (TPSA) is 0 Å². The van der Waals surface area contributed by atoms with Gasteiger partial charge < -0.3 is 0 Å². The van der Waals surface area contributed by atoms with Gasteiger partial charge in [-0.05, 0) is 103 Å². The average molecular weight is 519 g/mol. The third-order valence-electron chi connectivity index (χ3n) is 11.0. The van der Waals surface area contributed by atoms with E-state index in [1.54, 1.807) is 42.7 Å². The summed E-state index contributed by atoms with van der Waals surface area (Å²) in [6.07, 6.45) is 19.9. The smallest absolute Gasteiger partial charge is 0.0167 e. The molecule has 2 aromatic rings. The van der Waals surface area contributed by atoms with Gasteiger partial charge in [0.1, 0.15) is 0 Å². The Morgan fingerprint density at radius 2 is 1.17 bits per heavy atom. The van der Waals surface area contributed by atoms with E-state index in [1.165, 1.54) is 51.1 Å². The van der Waals surface area contributed by atoms with Crippen molar-refractivity contribution in [1.82, 2.24) is 0 Å². The van der Waals surface area contributed by atoms with Gasteiger partial charge >= 0.3 is 0 Å². The molecule has 0 amide bonds. The summed E-state index contributed by atoms with van der Waals surface area (Å²) in [5.74, 6) is 2.89. The first kappa shape index (κ1) is 25.6. The Balaban J connectivity index is 1.36. The van der Waals surface area contributed by atoms with Crippen LogP contribution in [-0.4, -0.2) is 23.1 Å². The maximum absolute atomic E-state index is 2.64. The molecule has 4 atom stereocenters. The van der Waals surface area contributed by atoms with Crippen molar-refractivity contribution in [3.63, 3.8) is 0 Å². The highest BCUT2D eigenvalue weighted by atomic mass is 31.1. The Morgan fingerprint density at radius 1 is 0.667 bits per heavy atom. The van der Waals surface area contributed by atoms with Crippen LogP contribution in [0.1, 0.15) is 90.9 Å². The number of rotatable bonds is 7. The van der Waals surface area contributed by atoms with E-state index < -0.39 is 0 Å². The molecular formula is C34H48P2. The van der Waals surface area contributed by atoms with E-state index in [4.69, 9.17) is 0 Å². The van der Waals surface area contributed by atoms with Gasteiger partial charge in [0.25, 0.3) is 0 Å². The molecule has 0 aliphatic heterocycles. The Labute approximate surface area is 223 Å². The molecule has 5 aliphatic rings. The monoisotopic (exact) mass is 518 g/mol. The summed E-state index contributed by atoms with van der Waals surface area (Å²) in [5.41, 5.74) is 3.78. The molecule has 194 valence electrons. The van der Waals surface area contributed by atoms with Crippen LogP contribution < -0.4 is 10.6 Å². The maximum atomic E-state index is 2.64. The third kappa shape index (κ3) is 5.01. The lowest BCUT2D eigenvalue weighted by atomic mass is 9.46. The molecule has 5 aliphatic carbocycles. The minimum atomic E-state index is -0.293. The van der Waals surface area contributed by atoms with Gasteiger partial charge in [-0.1, -0.05) is 121 Å². The molecule has 0 spiro atoms. The predicted molar refractivity (Wildman–Crippen MR) is 162 cm³/mol. The summed E-state index contributed by atoms with van der Waals surface area (Å²) in [7, 11) is -0.143. The number of hydrogen-bond acceptors (Lipinski definition) is 0. The molecule has 0 aromatic heterocycles. The fraction of sp³-hybridized carbons (Fsp3) is 0.647. The summed E-state index contributed by atoms with van der Waals surface area (Å²) >= 11 is 0. The molecule has 0 radical (unpaired) electrons. The largest absolute Gasteiger partial charge is 0.0968 e. The van der Waals surface area contributed by atoms with E-state index in [-0.39, 0.29) is 15.8 Å². The minimum Gasteiger partial charge on any atom is -0.0968 e. The Kier molecular flexibility index (Phi) is 7.95. The van der Waals surface area contributed by atoms with Gasteiger partial charge in [-0.25, -0.2) is 0 Å². The number of fused-ring (bicyclic) bond motifs is 2. The zero-order chi connectivity index (χ0) is 24.5. The highest BCUT2D eigenvalue weighted by molar-refractivity contribution is 7.73. The van der Waals surface area contributed by atoms with E-state index in [9.17, 15) is 0 Å². The van der Waals surface area contributed by atoms with Gasteiger partial charge in [-0.15, -0.1) is 0 Å². The molecule has 0 heterocycles. The quantitative estimate of drug-likeness (QED) is 0.320. The highest BCUT2D eigenvalue weighted by Crippen LogP contribution is 2.72. The fourth-order valence-electron chi connectivity index (χ4n) is 8.89. The van der Waals surface area contributed by atoms with Gasteiger partial charge in [0.15, 0.2) is 0 Å². The van der Waals surface area contributed by atoms with E-state index in [2.05, 4.69) is 74.5 Å². The second kappa shape index (κ2) is 11.2. The van der Waals surface area contributed by atoms with Gasteiger partial charge in [-0.2, -0.15) is 0 Å². The van der Waals surface area contributed by atoms with Crippen molar-refractivity contribution in [3.05, 3.63) is 60.7 Å². The summed E-state index contributed by atoms with van der Waals surface area (Å²) in [6.45, 7) is 5.29. The third-order valence-corrected chi connectivity index (χ3v) is 17.7. The minimum absolute atomic E-state index is 0.150. The molecule has 0 N–H and O–H groups in total. The second-order valence-electron chi connectivity index (χ2n) is 13.1. The summed E-state index contributed by atoms with van der Waals surface area (Å²) in [5, 5.41) is 3.22. The van der Waals surface area contributed by atoms with Crippen molar-refractivity contribution in [1.29, 1.82) is 0 Å². The lowest BCUT2D eigenvalue weighted by Gasteiger charge is -2.65. The van der Waals surface area contributed by atoms with Gasteiger partial charge in [0, 0.05) is 0 Å². The van der Waals surface area contributed by atoms with Crippen LogP contribution in [0.3, 0.4) is 0 Å². The van der Waals surface area contributed by atoms with Crippen LogP contribution >= 0.6 is 15.8 Å². The average Bonchev–Trinajstić information content (AvgIpc) is 2.94. The summed E-state index contributed by atoms with van der Waals surface area (Å²) < 4.78 is 0. The molecule has 2 bridgehead atoms. The van der Waals surface area contributed by atoms with Crippen LogP contribution in [0.2, 0.25) is 0 Å². The molecular weight excluding hydrogens is 470 g/mol. The lowest BCUT2D eigenvalue weighted by Crippen LogP contribution is -2.58. The molecule has 0 unspecified atom stereocenters. The number of benzene rings is 2. The van der Waals surface area contributed by atoms with Crippen molar-refractivity contribution in [2.75, 3.05) is 6.16 Å². The zero-order valence-electron chi connectivity index (χ0n) is 22.8. The first-order chi connectivity index (χ1) is 17.6. The van der Waals surface area contributed by atoms with E-state index in [0.717, 1.165) is 34.7 Å². The lowest BCUT2D eigenvalue weighted by molar-refractivity contribution is -0.0950. The van der Waals surface area contributed by atoms with Crippen LogP contribution in [0, 0.1) is 23.2 Å². The standard InChI is InChI=1S/C34H48P2/c1-34(2)26-23-32(34)31(25-35(27-15-7-3-8-16-27)28-17-9-4-10-18-28)33(24-26)36(29-19-11-5-12-20-29)30-21-13-6-14-22-30/h3-4,7-10,15-18,26,29-33H,5-6,11-14,19-25H2,1-2H3/t26-,31-,32+,33+/m1/s1. The molecule has 36 heavy (non-hydrogen) atoms. The highest BCUT2D eigenvalue weighted by Gasteiger charge is 2.60. The molecule has 0 saturated heterocycles. The van der Waals surface area contributed by atoms with Crippen molar-refractivity contribution in [3.8, 4) is 0 Å². The normalized spacial score (nSPS) is 30.9. The molecule has 7 rings (SSSR count). The van der Waals surface area contributed by atoms with E-state index >= 15 is 0 Å². The zero-order valence-corrected chi connectivity index (χ0v) is 24.6. The first-order valence-electron chi connectivity index (χ1n) is 15.3. The Morgan fingerprint density at radius 3 is 1.64 bits per heavy atom. The van der Waals surface area contributed by atoms with Crippen molar-refractivity contribution in [2.24, 2.45) is 23.2 Å². The van der Waals surface area contributed by atoms with Crippen LogP contribution in [0.15, 0.2) is 60.7 Å². The van der Waals surface area contributed by atoms with E-state index in [0.29, 0.717) is 5.41 Å². The molecule has 0 nitrogen and oxygen atoms in total. The van der Waals surface area contributed by atoms with Crippen molar-refractivity contribution < 1.29 is 0 Å².